The van der Waals surface area contributed by atoms with Gasteiger partial charge in [0.05, 0.1) is 23.8 Å². The number of nitro benzene ring substituents is 1. The van der Waals surface area contributed by atoms with Gasteiger partial charge in [-0.2, -0.15) is 0 Å². The number of nitrogens with zero attached hydrogens (tertiary/aromatic N) is 2. The van der Waals surface area contributed by atoms with E-state index in [2.05, 4.69) is 30.4 Å². The second-order valence-corrected chi connectivity index (χ2v) is 12.9. The highest BCUT2D eigenvalue weighted by molar-refractivity contribution is 5.96. The molecule has 0 aliphatic heterocycles. The normalized spacial score (nSPS) is 33.4. The summed E-state index contributed by atoms with van der Waals surface area (Å²) >= 11 is 0. The van der Waals surface area contributed by atoms with Crippen LogP contribution in [0.3, 0.4) is 0 Å². The van der Waals surface area contributed by atoms with Crippen molar-refractivity contribution in [1.29, 1.82) is 0 Å². The molecule has 0 spiro atoms. The lowest BCUT2D eigenvalue weighted by Crippen LogP contribution is -2.51. The Morgan fingerprint density at radius 1 is 1.17 bits per heavy atom. The van der Waals surface area contributed by atoms with Crippen LogP contribution < -0.4 is 5.32 Å². The van der Waals surface area contributed by atoms with Gasteiger partial charge in [-0.15, -0.1) is 0 Å². The lowest BCUT2D eigenvalue weighted by Gasteiger charge is -2.57. The van der Waals surface area contributed by atoms with E-state index in [9.17, 15) is 29.9 Å². The molecule has 0 unspecified atom stereocenters. The topological polar surface area (TPSA) is 161 Å². The molecule has 5 rings (SSSR count). The molecule has 42 heavy (non-hydrogen) atoms. The molecule has 0 radical (unpaired) electrons. The van der Waals surface area contributed by atoms with Crippen molar-refractivity contribution in [2.45, 2.75) is 83.8 Å². The minimum Gasteiger partial charge on any atom is -0.502 e. The minimum atomic E-state index is -1.10. The van der Waals surface area contributed by atoms with Crippen LogP contribution in [0.15, 0.2) is 35.0 Å². The number of phenolic OH excluding ortho intramolecular Hbond substituents is 1. The summed E-state index contributed by atoms with van der Waals surface area (Å²) in [7, 11) is 1.18. The first-order chi connectivity index (χ1) is 20.0. The molecule has 4 aliphatic rings. The van der Waals surface area contributed by atoms with Gasteiger partial charge in [0, 0.05) is 12.5 Å². The van der Waals surface area contributed by atoms with Crippen LogP contribution >= 0.6 is 0 Å². The predicted octanol–water partition coefficient (Wildman–Crippen LogP) is 4.20. The van der Waals surface area contributed by atoms with Crippen LogP contribution in [-0.2, 0) is 25.6 Å². The van der Waals surface area contributed by atoms with Crippen molar-refractivity contribution in [1.82, 2.24) is 5.32 Å². The van der Waals surface area contributed by atoms with E-state index < -0.39 is 40.9 Å². The Morgan fingerprint density at radius 3 is 2.69 bits per heavy atom. The summed E-state index contributed by atoms with van der Waals surface area (Å²) in [4.78, 5) is 40.7. The number of benzene rings is 1. The van der Waals surface area contributed by atoms with Gasteiger partial charge in [-0.05, 0) is 97.7 Å². The lowest BCUT2D eigenvalue weighted by atomic mass is 9.47. The monoisotopic (exact) mass is 583 g/mol. The van der Waals surface area contributed by atoms with Crippen molar-refractivity contribution in [2.75, 3.05) is 13.7 Å². The van der Waals surface area contributed by atoms with Crippen molar-refractivity contribution >= 4 is 23.3 Å². The highest BCUT2D eigenvalue weighted by atomic mass is 16.6. The maximum Gasteiger partial charge on any atom is 0.328 e. The number of phenols is 1. The van der Waals surface area contributed by atoms with Crippen molar-refractivity contribution in [3.63, 3.8) is 0 Å². The van der Waals surface area contributed by atoms with Gasteiger partial charge in [0.15, 0.2) is 12.4 Å². The number of nitro groups is 1. The molecule has 3 N–H and O–H groups in total. The number of oxime groups is 1. The van der Waals surface area contributed by atoms with Crippen molar-refractivity contribution in [3.8, 4) is 5.75 Å². The predicted molar refractivity (Wildman–Crippen MR) is 154 cm³/mol. The lowest BCUT2D eigenvalue weighted by molar-refractivity contribution is -0.385. The summed E-state index contributed by atoms with van der Waals surface area (Å²) in [6.07, 6.45) is 10.0. The number of methoxy groups -OCH3 is 1. The number of aliphatic hydroxyl groups is 1. The Kier molecular flexibility index (Phi) is 8.33. The smallest absolute Gasteiger partial charge is 0.328 e. The van der Waals surface area contributed by atoms with Crippen LogP contribution in [-0.4, -0.2) is 58.6 Å². The third-order valence-electron chi connectivity index (χ3n) is 10.8. The Balaban J connectivity index is 1.19. The van der Waals surface area contributed by atoms with Crippen molar-refractivity contribution in [3.05, 3.63) is 45.5 Å². The van der Waals surface area contributed by atoms with Crippen molar-refractivity contribution < 1.29 is 34.3 Å². The number of amides is 1. The number of hydrogen-bond acceptors (Lipinski definition) is 9. The molecule has 11 nitrogen and oxygen atoms in total. The van der Waals surface area contributed by atoms with Gasteiger partial charge in [-0.3, -0.25) is 14.9 Å². The minimum absolute atomic E-state index is 0.0589. The van der Waals surface area contributed by atoms with Gasteiger partial charge in [-0.1, -0.05) is 30.6 Å². The zero-order valence-corrected chi connectivity index (χ0v) is 24.5. The van der Waals surface area contributed by atoms with Gasteiger partial charge in [0.25, 0.3) is 5.91 Å². The molecule has 1 aromatic rings. The van der Waals surface area contributed by atoms with Gasteiger partial charge in [0.2, 0.25) is 0 Å². The number of ether oxygens (including phenoxy) is 1. The average Bonchev–Trinajstić information content (AvgIpc) is 3.27. The molecule has 1 aromatic carbocycles. The van der Waals surface area contributed by atoms with Gasteiger partial charge in [-0.25, -0.2) is 4.79 Å². The summed E-state index contributed by atoms with van der Waals surface area (Å²) in [5.74, 6) is 0.0699. The number of hydrogen-bond donors (Lipinski definition) is 3. The van der Waals surface area contributed by atoms with Crippen molar-refractivity contribution in [2.24, 2.45) is 33.7 Å². The highest BCUT2D eigenvalue weighted by Crippen LogP contribution is 2.65. The number of aliphatic hydroxyl groups excluding tert-OH is 1. The van der Waals surface area contributed by atoms with Crippen LogP contribution in [0.25, 0.3) is 0 Å². The molecule has 3 saturated carbocycles. The van der Waals surface area contributed by atoms with E-state index in [1.54, 1.807) is 0 Å². The van der Waals surface area contributed by atoms with E-state index >= 15 is 0 Å². The summed E-state index contributed by atoms with van der Waals surface area (Å²) in [5.41, 5.74) is 2.25. The van der Waals surface area contributed by atoms with E-state index in [-0.39, 0.29) is 23.4 Å². The summed E-state index contributed by atoms with van der Waals surface area (Å²) < 4.78 is 4.79. The second-order valence-electron chi connectivity index (χ2n) is 12.9. The number of aromatic hydroxyl groups is 1. The molecular formula is C31H41N3O8. The van der Waals surface area contributed by atoms with Gasteiger partial charge < -0.3 is 25.1 Å². The summed E-state index contributed by atoms with van der Waals surface area (Å²) in [6, 6.07) is 2.66. The Morgan fingerprint density at radius 2 is 1.95 bits per heavy atom. The van der Waals surface area contributed by atoms with E-state index in [0.29, 0.717) is 23.3 Å². The second kappa shape index (κ2) is 11.7. The number of nitrogens with one attached hydrogen (secondary N) is 1. The summed E-state index contributed by atoms with van der Waals surface area (Å²) in [5, 5.41) is 38.3. The number of allylic oxidation sites excluding steroid dienone is 2. The fourth-order valence-corrected chi connectivity index (χ4v) is 8.44. The van der Waals surface area contributed by atoms with Crippen LogP contribution in [0.1, 0.15) is 70.8 Å². The van der Waals surface area contributed by atoms with Crippen LogP contribution in [0, 0.1) is 38.7 Å². The van der Waals surface area contributed by atoms with E-state index in [0.717, 1.165) is 63.1 Å². The number of carbonyl (C=O) groups is 2. The SMILES string of the molecule is COC(=O)[C@H](Cc1ccc(O)c([N+](=O)[O-])c1)NC(=O)CO/N=C1/C=C2CC[C@H]3[C@@H]4CC[C@@H](O)[C@@]4(C)CC[C@@H]3[C@@]2(C)CC1. The summed E-state index contributed by atoms with van der Waals surface area (Å²) in [6.45, 7) is 4.29. The largest absolute Gasteiger partial charge is 0.502 e. The third-order valence-corrected chi connectivity index (χ3v) is 10.8. The first-order valence-corrected chi connectivity index (χ1v) is 14.9. The standard InChI is InChI=1S/C31H41N3O8/c1-30-12-10-20(16-19(30)5-6-21-22-7-9-27(36)31(22,2)13-11-23(21)30)33-42-17-28(37)32-24(29(38)41-3)14-18-4-8-26(35)25(15-18)34(39)40/h4,8,15-16,21-24,27,35-36H,5-7,9-14,17H2,1-3H3,(H,32,37)/b33-20+/t21-,22-,23-,24-,27+,30-,31-/m0/s1. The average molecular weight is 584 g/mol. The molecule has 0 aromatic heterocycles. The molecular weight excluding hydrogens is 542 g/mol. The highest BCUT2D eigenvalue weighted by Gasteiger charge is 2.58. The zero-order chi connectivity index (χ0) is 30.2. The molecule has 4 aliphatic carbocycles. The molecule has 228 valence electrons. The number of esters is 1. The first kappa shape index (κ1) is 30.0. The number of carbonyl (C=O) groups excluding carboxylic acids is 2. The maximum atomic E-state index is 12.6. The third kappa shape index (κ3) is 5.50. The Labute approximate surface area is 245 Å². The molecule has 0 saturated heterocycles. The van der Waals surface area contributed by atoms with Crippen LogP contribution in [0.4, 0.5) is 5.69 Å². The van der Waals surface area contributed by atoms with E-state index in [1.165, 1.54) is 24.8 Å². The molecule has 0 heterocycles. The fraction of sp³-hybridized carbons (Fsp3) is 0.645. The number of fused-ring (bicyclic) bond motifs is 5. The quantitative estimate of drug-likeness (QED) is 0.233. The van der Waals surface area contributed by atoms with Gasteiger partial charge >= 0.3 is 11.7 Å². The van der Waals surface area contributed by atoms with E-state index in [4.69, 9.17) is 9.57 Å². The van der Waals surface area contributed by atoms with Gasteiger partial charge in [0.1, 0.15) is 6.04 Å². The maximum absolute atomic E-state index is 12.6. The van der Waals surface area contributed by atoms with Crippen LogP contribution in [0.2, 0.25) is 0 Å². The molecule has 1 amide bonds. The zero-order valence-electron chi connectivity index (χ0n) is 24.5. The molecule has 3 fully saturated rings. The molecule has 0 bridgehead atoms. The Bertz CT molecular complexity index is 1310. The molecule has 7 atom stereocenters. The Hall–Kier alpha value is -3.47. The molecule has 11 heteroatoms. The number of rotatable bonds is 8. The fourth-order valence-electron chi connectivity index (χ4n) is 8.44. The van der Waals surface area contributed by atoms with Crippen LogP contribution in [0.5, 0.6) is 5.75 Å². The van der Waals surface area contributed by atoms with E-state index in [1.807, 2.05) is 0 Å². The first-order valence-electron chi connectivity index (χ1n) is 14.9.